The molecule has 0 aliphatic rings. The second-order valence-electron chi connectivity index (χ2n) is 5.12. The van der Waals surface area contributed by atoms with E-state index in [-0.39, 0.29) is 29.5 Å². The molecule has 1 aromatic rings. The highest BCUT2D eigenvalue weighted by molar-refractivity contribution is 5.95. The van der Waals surface area contributed by atoms with Gasteiger partial charge in [-0.1, -0.05) is 0 Å². The van der Waals surface area contributed by atoms with Gasteiger partial charge in [-0.05, 0) is 19.9 Å². The first-order valence-corrected chi connectivity index (χ1v) is 5.96. The zero-order chi connectivity index (χ0) is 15.5. The number of ether oxygens (including phenoxy) is 1. The number of nitrogens with zero attached hydrogens (tertiary/aromatic N) is 2. The van der Waals surface area contributed by atoms with Crippen molar-refractivity contribution in [1.82, 2.24) is 4.90 Å². The van der Waals surface area contributed by atoms with Crippen molar-refractivity contribution < 1.29 is 19.6 Å². The molecule has 0 saturated carbocycles. The van der Waals surface area contributed by atoms with Crippen molar-refractivity contribution in [3.63, 3.8) is 0 Å². The Morgan fingerprint density at radius 2 is 2.10 bits per heavy atom. The molecule has 0 unspecified atom stereocenters. The maximum Gasteiger partial charge on any atom is 0.310 e. The minimum atomic E-state index is -1.02. The Morgan fingerprint density at radius 3 is 2.55 bits per heavy atom. The van der Waals surface area contributed by atoms with Gasteiger partial charge >= 0.3 is 5.69 Å². The van der Waals surface area contributed by atoms with Crippen LogP contribution in [0.2, 0.25) is 0 Å². The number of hydrogen-bond acceptors (Lipinski definition) is 5. The average Bonchev–Trinajstić information content (AvgIpc) is 2.34. The van der Waals surface area contributed by atoms with Gasteiger partial charge in [-0.3, -0.25) is 14.9 Å². The summed E-state index contributed by atoms with van der Waals surface area (Å²) in [5, 5.41) is 20.5. The van der Waals surface area contributed by atoms with Crippen molar-refractivity contribution in [2.75, 3.05) is 20.7 Å². The second kappa shape index (κ2) is 5.87. The van der Waals surface area contributed by atoms with Gasteiger partial charge in [0.1, 0.15) is 0 Å². The van der Waals surface area contributed by atoms with Gasteiger partial charge in [-0.25, -0.2) is 0 Å². The van der Waals surface area contributed by atoms with E-state index >= 15 is 0 Å². The third kappa shape index (κ3) is 3.92. The van der Waals surface area contributed by atoms with Crippen LogP contribution in [0.3, 0.4) is 0 Å². The second-order valence-corrected chi connectivity index (χ2v) is 5.12. The average molecular weight is 282 g/mol. The van der Waals surface area contributed by atoms with Crippen LogP contribution in [0, 0.1) is 10.1 Å². The molecule has 7 heteroatoms. The Hall–Kier alpha value is -2.15. The molecule has 0 aliphatic heterocycles. The smallest absolute Gasteiger partial charge is 0.310 e. The van der Waals surface area contributed by atoms with E-state index in [9.17, 15) is 20.0 Å². The van der Waals surface area contributed by atoms with Crippen LogP contribution < -0.4 is 4.74 Å². The number of carbonyl (C=O) groups excluding carboxylic acids is 1. The molecular formula is C13H18N2O5. The Balaban J connectivity index is 3.03. The van der Waals surface area contributed by atoms with E-state index in [0.717, 1.165) is 0 Å². The Bertz CT molecular complexity index is 522. The number of likely N-dealkylation sites (N-methyl/N-ethyl adjacent to an activating group) is 1. The summed E-state index contributed by atoms with van der Waals surface area (Å²) in [6, 6.07) is 3.91. The van der Waals surface area contributed by atoms with Gasteiger partial charge in [0.25, 0.3) is 5.91 Å². The van der Waals surface area contributed by atoms with Gasteiger partial charge in [0, 0.05) is 31.3 Å². The lowest BCUT2D eigenvalue weighted by atomic mass is 10.1. The van der Waals surface area contributed by atoms with E-state index in [1.54, 1.807) is 20.9 Å². The number of carbonyl (C=O) groups is 1. The van der Waals surface area contributed by atoms with Crippen LogP contribution >= 0.6 is 0 Å². The highest BCUT2D eigenvalue weighted by Crippen LogP contribution is 2.28. The highest BCUT2D eigenvalue weighted by atomic mass is 16.6. The fourth-order valence-corrected chi connectivity index (χ4v) is 1.83. The molecule has 0 aliphatic carbocycles. The first-order valence-electron chi connectivity index (χ1n) is 5.96. The molecule has 1 aromatic carbocycles. The van der Waals surface area contributed by atoms with E-state index < -0.39 is 10.5 Å². The summed E-state index contributed by atoms with van der Waals surface area (Å²) in [6.45, 7) is 3.32. The van der Waals surface area contributed by atoms with Gasteiger partial charge in [0.2, 0.25) is 0 Å². The van der Waals surface area contributed by atoms with E-state index in [4.69, 9.17) is 4.74 Å². The van der Waals surface area contributed by atoms with Gasteiger partial charge in [0.05, 0.1) is 17.6 Å². The Morgan fingerprint density at radius 1 is 1.50 bits per heavy atom. The molecule has 0 radical (unpaired) electrons. The number of aliphatic hydroxyl groups is 1. The summed E-state index contributed by atoms with van der Waals surface area (Å²) >= 11 is 0. The van der Waals surface area contributed by atoms with Crippen LogP contribution in [0.15, 0.2) is 18.2 Å². The normalized spacial score (nSPS) is 11.1. The van der Waals surface area contributed by atoms with E-state index in [0.29, 0.717) is 0 Å². The predicted octanol–water partition coefficient (Wildman–Crippen LogP) is 1.45. The van der Waals surface area contributed by atoms with Gasteiger partial charge in [0.15, 0.2) is 5.75 Å². The predicted molar refractivity (Wildman–Crippen MR) is 72.9 cm³/mol. The maximum absolute atomic E-state index is 12.2. The molecule has 20 heavy (non-hydrogen) atoms. The number of nitro benzene ring substituents is 1. The SMILES string of the molecule is COc1cc(C(=O)N(C)CC(C)(C)O)ccc1[N+](=O)[O-]. The molecule has 0 heterocycles. The van der Waals surface area contributed by atoms with Crippen LogP contribution in [0.1, 0.15) is 24.2 Å². The molecule has 1 rings (SSSR count). The minimum absolute atomic E-state index is 0.0255. The monoisotopic (exact) mass is 282 g/mol. The summed E-state index contributed by atoms with van der Waals surface area (Å²) < 4.78 is 4.92. The van der Waals surface area contributed by atoms with Gasteiger partial charge < -0.3 is 14.7 Å². The lowest BCUT2D eigenvalue weighted by Gasteiger charge is -2.25. The summed E-state index contributed by atoms with van der Waals surface area (Å²) in [5.41, 5.74) is -0.955. The summed E-state index contributed by atoms with van der Waals surface area (Å²) in [4.78, 5) is 23.7. The molecule has 7 nitrogen and oxygen atoms in total. The molecule has 1 amide bonds. The zero-order valence-corrected chi connectivity index (χ0v) is 11.9. The largest absolute Gasteiger partial charge is 0.490 e. The Labute approximate surface area is 116 Å². The first kappa shape index (κ1) is 15.9. The zero-order valence-electron chi connectivity index (χ0n) is 11.9. The fraction of sp³-hybridized carbons (Fsp3) is 0.462. The molecule has 0 bridgehead atoms. The standard InChI is InChI=1S/C13H18N2O5/c1-13(2,17)8-14(3)12(16)9-5-6-10(15(18)19)11(7-9)20-4/h5-7,17H,8H2,1-4H3. The molecule has 0 fully saturated rings. The number of nitro groups is 1. The van der Waals surface area contributed by atoms with Crippen LogP contribution in [0.25, 0.3) is 0 Å². The molecule has 0 aromatic heterocycles. The highest BCUT2D eigenvalue weighted by Gasteiger charge is 2.23. The fourth-order valence-electron chi connectivity index (χ4n) is 1.83. The van der Waals surface area contributed by atoms with Crippen molar-refractivity contribution in [2.24, 2.45) is 0 Å². The topological polar surface area (TPSA) is 92.9 Å². The minimum Gasteiger partial charge on any atom is -0.490 e. The molecular weight excluding hydrogens is 264 g/mol. The molecule has 110 valence electrons. The lowest BCUT2D eigenvalue weighted by molar-refractivity contribution is -0.385. The number of methoxy groups -OCH3 is 1. The Kier molecular flexibility index (Phi) is 4.67. The summed E-state index contributed by atoms with van der Waals surface area (Å²) in [7, 11) is 2.85. The molecule has 0 atom stereocenters. The lowest BCUT2D eigenvalue weighted by Crippen LogP contribution is -2.39. The number of hydrogen-bond donors (Lipinski definition) is 1. The van der Waals surface area contributed by atoms with Gasteiger partial charge in [-0.2, -0.15) is 0 Å². The van der Waals surface area contributed by atoms with Crippen molar-refractivity contribution in [1.29, 1.82) is 0 Å². The summed E-state index contributed by atoms with van der Waals surface area (Å²) in [5.74, 6) is -0.321. The number of benzene rings is 1. The number of rotatable bonds is 5. The van der Waals surface area contributed by atoms with Crippen LogP contribution in [0.5, 0.6) is 5.75 Å². The maximum atomic E-state index is 12.2. The quantitative estimate of drug-likeness (QED) is 0.651. The molecule has 0 saturated heterocycles. The molecule has 1 N–H and O–H groups in total. The van der Waals surface area contributed by atoms with Crippen LogP contribution in [-0.2, 0) is 0 Å². The van der Waals surface area contributed by atoms with Crippen molar-refractivity contribution in [2.45, 2.75) is 19.4 Å². The summed E-state index contributed by atoms with van der Waals surface area (Å²) in [6.07, 6.45) is 0. The van der Waals surface area contributed by atoms with Crippen LogP contribution in [-0.4, -0.2) is 47.1 Å². The van der Waals surface area contributed by atoms with E-state index in [1.165, 1.54) is 30.2 Å². The van der Waals surface area contributed by atoms with Gasteiger partial charge in [-0.15, -0.1) is 0 Å². The molecule has 0 spiro atoms. The van der Waals surface area contributed by atoms with Crippen molar-refractivity contribution >= 4 is 11.6 Å². The van der Waals surface area contributed by atoms with Crippen molar-refractivity contribution in [3.8, 4) is 5.75 Å². The van der Waals surface area contributed by atoms with E-state index in [1.807, 2.05) is 0 Å². The van der Waals surface area contributed by atoms with E-state index in [2.05, 4.69) is 0 Å². The van der Waals surface area contributed by atoms with Crippen molar-refractivity contribution in [3.05, 3.63) is 33.9 Å². The first-order chi connectivity index (χ1) is 9.15. The van der Waals surface area contributed by atoms with Crippen LogP contribution in [0.4, 0.5) is 5.69 Å². The third-order valence-electron chi connectivity index (χ3n) is 2.59. The number of amides is 1. The third-order valence-corrected chi connectivity index (χ3v) is 2.59.